The molecule has 1 saturated carbocycles. The summed E-state index contributed by atoms with van der Waals surface area (Å²) in [5.41, 5.74) is 5.00. The van der Waals surface area contributed by atoms with Gasteiger partial charge in [0, 0.05) is 11.5 Å². The van der Waals surface area contributed by atoms with Gasteiger partial charge in [0.15, 0.2) is 0 Å². The molecule has 1 aromatic rings. The normalized spacial score (nSPS) is 28.2. The number of rotatable bonds is 3. The molecule has 0 aliphatic heterocycles. The summed E-state index contributed by atoms with van der Waals surface area (Å²) < 4.78 is 3.67. The van der Waals surface area contributed by atoms with Gasteiger partial charge in [-0.3, -0.25) is 4.79 Å². The van der Waals surface area contributed by atoms with Crippen LogP contribution in [-0.4, -0.2) is 20.5 Å². The number of carbonyl (C=O) groups is 1. The number of nitrogens with one attached hydrogen (secondary N) is 1. The molecule has 0 atom stereocenters. The Morgan fingerprint density at radius 3 is 2.88 bits per heavy atom. The molecule has 16 heavy (non-hydrogen) atoms. The van der Waals surface area contributed by atoms with Crippen LogP contribution in [-0.2, 0) is 4.79 Å². The first kappa shape index (κ1) is 11.4. The Hall–Kier alpha value is -1.08. The van der Waals surface area contributed by atoms with E-state index in [2.05, 4.69) is 21.8 Å². The predicted octanol–water partition coefficient (Wildman–Crippen LogP) is 1.18. The molecule has 1 aromatic heterocycles. The van der Waals surface area contributed by atoms with Gasteiger partial charge in [0.1, 0.15) is 5.00 Å². The number of hydrogen-bond acceptors (Lipinski definition) is 5. The van der Waals surface area contributed by atoms with E-state index in [4.69, 9.17) is 18.0 Å². The molecule has 1 amide bonds. The molecule has 1 fully saturated rings. The van der Waals surface area contributed by atoms with Crippen molar-refractivity contribution in [3.05, 3.63) is 6.20 Å². The standard InChI is InChI=1S/C9H12N4OS2/c1-5-2-9(3-5,7(10)15)8(14)12-6-4-11-13-16-6/h4-5H,2-3H2,1H3,(H2,10,15)(H,12,14). The predicted molar refractivity (Wildman–Crippen MR) is 66.2 cm³/mol. The van der Waals surface area contributed by atoms with Crippen molar-refractivity contribution in [2.24, 2.45) is 17.1 Å². The monoisotopic (exact) mass is 256 g/mol. The second-order valence-electron chi connectivity index (χ2n) is 4.20. The number of nitrogens with zero attached hydrogens (tertiary/aromatic N) is 2. The Kier molecular flexibility index (Phi) is 2.90. The first-order valence-electron chi connectivity index (χ1n) is 4.93. The molecular formula is C9H12N4OS2. The van der Waals surface area contributed by atoms with Crippen LogP contribution in [0.25, 0.3) is 0 Å². The maximum Gasteiger partial charge on any atom is 0.238 e. The van der Waals surface area contributed by atoms with Crippen molar-refractivity contribution >= 4 is 39.6 Å². The molecule has 7 heteroatoms. The lowest BCUT2D eigenvalue weighted by atomic mass is 9.62. The molecule has 2 rings (SSSR count). The van der Waals surface area contributed by atoms with Gasteiger partial charge in [0.25, 0.3) is 0 Å². The van der Waals surface area contributed by atoms with Gasteiger partial charge in [-0.05, 0) is 18.8 Å². The van der Waals surface area contributed by atoms with Gasteiger partial charge in [0.05, 0.1) is 16.6 Å². The Balaban J connectivity index is 2.10. The van der Waals surface area contributed by atoms with Gasteiger partial charge in [-0.1, -0.05) is 23.6 Å². The Morgan fingerprint density at radius 2 is 2.44 bits per heavy atom. The first-order chi connectivity index (χ1) is 7.54. The van der Waals surface area contributed by atoms with E-state index in [1.54, 1.807) is 0 Å². The van der Waals surface area contributed by atoms with E-state index in [1.165, 1.54) is 6.20 Å². The third-order valence-corrected chi connectivity index (χ3v) is 3.87. The van der Waals surface area contributed by atoms with Crippen LogP contribution in [0.3, 0.4) is 0 Å². The average Bonchev–Trinajstić information content (AvgIpc) is 2.64. The second-order valence-corrected chi connectivity index (χ2v) is 5.42. The van der Waals surface area contributed by atoms with Crippen LogP contribution in [0.4, 0.5) is 5.00 Å². The van der Waals surface area contributed by atoms with Crippen LogP contribution < -0.4 is 11.1 Å². The minimum Gasteiger partial charge on any atom is -0.392 e. The smallest absolute Gasteiger partial charge is 0.238 e. The van der Waals surface area contributed by atoms with Gasteiger partial charge in [-0.25, -0.2) is 0 Å². The van der Waals surface area contributed by atoms with Crippen molar-refractivity contribution < 1.29 is 4.79 Å². The molecule has 86 valence electrons. The molecule has 0 unspecified atom stereocenters. The van der Waals surface area contributed by atoms with Gasteiger partial charge >= 0.3 is 0 Å². The highest BCUT2D eigenvalue weighted by molar-refractivity contribution is 7.80. The van der Waals surface area contributed by atoms with Crippen molar-refractivity contribution in [1.82, 2.24) is 9.59 Å². The van der Waals surface area contributed by atoms with Crippen LogP contribution in [0.1, 0.15) is 19.8 Å². The SMILES string of the molecule is CC1CC(C(=O)Nc2cnns2)(C(N)=S)C1. The van der Waals surface area contributed by atoms with Gasteiger partial charge in [0.2, 0.25) is 5.91 Å². The van der Waals surface area contributed by atoms with E-state index in [1.807, 2.05) is 0 Å². The van der Waals surface area contributed by atoms with Gasteiger partial charge in [-0.15, -0.1) is 5.10 Å². The minimum atomic E-state index is -0.668. The third-order valence-electron chi connectivity index (χ3n) is 2.90. The lowest BCUT2D eigenvalue weighted by Gasteiger charge is -2.43. The number of nitrogens with two attached hydrogens (primary N) is 1. The van der Waals surface area contributed by atoms with E-state index >= 15 is 0 Å². The van der Waals surface area contributed by atoms with Crippen molar-refractivity contribution in [3.63, 3.8) is 0 Å². The fourth-order valence-corrected chi connectivity index (χ4v) is 2.76. The quantitative estimate of drug-likeness (QED) is 0.794. The lowest BCUT2D eigenvalue weighted by molar-refractivity contribution is -0.127. The zero-order valence-corrected chi connectivity index (χ0v) is 10.4. The number of carbonyl (C=O) groups excluding carboxylic acids is 1. The van der Waals surface area contributed by atoms with E-state index in [0.29, 0.717) is 10.9 Å². The van der Waals surface area contributed by atoms with Crippen LogP contribution in [0.5, 0.6) is 0 Å². The number of hydrogen-bond donors (Lipinski definition) is 2. The average molecular weight is 256 g/mol. The van der Waals surface area contributed by atoms with E-state index in [0.717, 1.165) is 24.4 Å². The van der Waals surface area contributed by atoms with Crippen molar-refractivity contribution in [2.75, 3.05) is 5.32 Å². The lowest BCUT2D eigenvalue weighted by Crippen LogP contribution is -2.53. The highest BCUT2D eigenvalue weighted by atomic mass is 32.1. The molecular weight excluding hydrogens is 244 g/mol. The third kappa shape index (κ3) is 1.80. The molecule has 1 aliphatic rings. The maximum absolute atomic E-state index is 12.1. The summed E-state index contributed by atoms with van der Waals surface area (Å²) in [4.78, 5) is 12.4. The fraction of sp³-hybridized carbons (Fsp3) is 0.556. The molecule has 1 aliphatic carbocycles. The Morgan fingerprint density at radius 1 is 1.75 bits per heavy atom. The maximum atomic E-state index is 12.1. The van der Waals surface area contributed by atoms with E-state index < -0.39 is 5.41 Å². The van der Waals surface area contributed by atoms with Crippen molar-refractivity contribution in [1.29, 1.82) is 0 Å². The Labute approximate surface area is 103 Å². The zero-order chi connectivity index (χ0) is 11.8. The van der Waals surface area contributed by atoms with Crippen molar-refractivity contribution in [2.45, 2.75) is 19.8 Å². The Bertz CT molecular complexity index is 411. The summed E-state index contributed by atoms with van der Waals surface area (Å²) in [6.07, 6.45) is 2.96. The highest BCUT2D eigenvalue weighted by Gasteiger charge is 2.50. The largest absolute Gasteiger partial charge is 0.392 e. The summed E-state index contributed by atoms with van der Waals surface area (Å²) in [7, 11) is 0. The first-order valence-corrected chi connectivity index (χ1v) is 6.11. The number of aromatic nitrogens is 2. The summed E-state index contributed by atoms with van der Waals surface area (Å²) >= 11 is 6.13. The number of amides is 1. The van der Waals surface area contributed by atoms with E-state index in [9.17, 15) is 4.79 Å². The molecule has 3 N–H and O–H groups in total. The van der Waals surface area contributed by atoms with Gasteiger partial charge in [-0.2, -0.15) is 0 Å². The van der Waals surface area contributed by atoms with Crippen LogP contribution in [0, 0.1) is 11.3 Å². The fourth-order valence-electron chi connectivity index (χ4n) is 2.08. The van der Waals surface area contributed by atoms with E-state index in [-0.39, 0.29) is 10.9 Å². The van der Waals surface area contributed by atoms with Crippen molar-refractivity contribution in [3.8, 4) is 0 Å². The van der Waals surface area contributed by atoms with Crippen LogP contribution in [0.15, 0.2) is 6.20 Å². The summed E-state index contributed by atoms with van der Waals surface area (Å²) in [5, 5.41) is 7.03. The molecule has 5 nitrogen and oxygen atoms in total. The molecule has 0 spiro atoms. The highest BCUT2D eigenvalue weighted by Crippen LogP contribution is 2.46. The molecule has 0 bridgehead atoms. The second kappa shape index (κ2) is 4.06. The topological polar surface area (TPSA) is 80.9 Å². The van der Waals surface area contributed by atoms with Crippen LogP contribution in [0.2, 0.25) is 0 Å². The molecule has 1 heterocycles. The number of thiocarbonyl (C=S) groups is 1. The van der Waals surface area contributed by atoms with Gasteiger partial charge < -0.3 is 11.1 Å². The molecule has 0 aromatic carbocycles. The minimum absolute atomic E-state index is 0.135. The summed E-state index contributed by atoms with van der Waals surface area (Å²) in [5.74, 6) is 0.357. The molecule has 0 saturated heterocycles. The summed E-state index contributed by atoms with van der Waals surface area (Å²) in [6.45, 7) is 2.08. The molecule has 0 radical (unpaired) electrons. The number of anilines is 1. The van der Waals surface area contributed by atoms with Crippen LogP contribution >= 0.6 is 23.8 Å². The zero-order valence-electron chi connectivity index (χ0n) is 8.77. The summed E-state index contributed by atoms with van der Waals surface area (Å²) in [6, 6.07) is 0.